The van der Waals surface area contributed by atoms with Crippen molar-refractivity contribution < 1.29 is 0 Å². The molecule has 0 radical (unpaired) electrons. The Morgan fingerprint density at radius 3 is 2.90 bits per heavy atom. The van der Waals surface area contributed by atoms with Crippen molar-refractivity contribution in [2.75, 3.05) is 5.32 Å². The fourth-order valence-electron chi connectivity index (χ4n) is 3.04. The Labute approximate surface area is 122 Å². The third-order valence-corrected chi connectivity index (χ3v) is 4.22. The quantitative estimate of drug-likeness (QED) is 0.808. The van der Waals surface area contributed by atoms with Gasteiger partial charge in [0.05, 0.1) is 6.04 Å². The summed E-state index contributed by atoms with van der Waals surface area (Å²) in [6.45, 7) is 2.25. The zero-order chi connectivity index (χ0) is 13.8. The van der Waals surface area contributed by atoms with E-state index in [-0.39, 0.29) is 0 Å². The van der Waals surface area contributed by atoms with Gasteiger partial charge in [-0.1, -0.05) is 55.8 Å². The molecule has 1 heterocycles. The lowest BCUT2D eigenvalue weighted by atomic mass is 9.92. The van der Waals surface area contributed by atoms with Gasteiger partial charge in [-0.2, -0.15) is 0 Å². The molecule has 1 atom stereocenters. The minimum Gasteiger partial charge on any atom is -0.378 e. The molecule has 1 aliphatic heterocycles. The van der Waals surface area contributed by atoms with Crippen molar-refractivity contribution in [3.8, 4) is 0 Å². The maximum atomic E-state index is 3.70. The van der Waals surface area contributed by atoms with Gasteiger partial charge in [0.2, 0.25) is 0 Å². The molecule has 0 fully saturated rings. The number of hydrogen-bond acceptors (Lipinski definition) is 1. The van der Waals surface area contributed by atoms with Crippen LogP contribution in [0.2, 0.25) is 0 Å². The predicted molar refractivity (Wildman–Crippen MR) is 86.2 cm³/mol. The van der Waals surface area contributed by atoms with Crippen LogP contribution in [0.4, 0.5) is 5.69 Å². The Balaban J connectivity index is 1.77. The summed E-state index contributed by atoms with van der Waals surface area (Å²) in [6, 6.07) is 18.3. The second-order valence-electron chi connectivity index (χ2n) is 5.74. The normalized spacial score (nSPS) is 17.4. The van der Waals surface area contributed by atoms with E-state index in [0.29, 0.717) is 6.04 Å². The van der Waals surface area contributed by atoms with Crippen LogP contribution in [0.25, 0.3) is 0 Å². The van der Waals surface area contributed by atoms with Crippen molar-refractivity contribution in [2.24, 2.45) is 0 Å². The molecule has 0 saturated carbocycles. The van der Waals surface area contributed by atoms with Gasteiger partial charge in [-0.3, -0.25) is 0 Å². The van der Waals surface area contributed by atoms with E-state index in [2.05, 4.69) is 60.8 Å². The van der Waals surface area contributed by atoms with Crippen LogP contribution in [0.15, 0.2) is 48.5 Å². The summed E-state index contributed by atoms with van der Waals surface area (Å²) in [7, 11) is 0. The number of para-hydroxylation sites is 1. The molecule has 104 valence electrons. The van der Waals surface area contributed by atoms with E-state index in [0.717, 1.165) is 0 Å². The fourth-order valence-corrected chi connectivity index (χ4v) is 3.04. The lowest BCUT2D eigenvalue weighted by Gasteiger charge is -2.27. The van der Waals surface area contributed by atoms with Crippen LogP contribution in [-0.2, 0) is 12.8 Å². The average Bonchev–Trinajstić information content (AvgIpc) is 2.53. The first kappa shape index (κ1) is 13.2. The van der Waals surface area contributed by atoms with E-state index in [4.69, 9.17) is 0 Å². The van der Waals surface area contributed by atoms with Gasteiger partial charge in [0, 0.05) is 5.69 Å². The summed E-state index contributed by atoms with van der Waals surface area (Å²) in [5, 5.41) is 3.70. The van der Waals surface area contributed by atoms with Gasteiger partial charge < -0.3 is 5.32 Å². The predicted octanol–water partition coefficient (Wildman–Crippen LogP) is 5.13. The Hall–Kier alpha value is -1.76. The van der Waals surface area contributed by atoms with E-state index in [1.54, 1.807) is 0 Å². The Bertz CT molecular complexity index is 573. The van der Waals surface area contributed by atoms with Crippen LogP contribution in [0.3, 0.4) is 0 Å². The zero-order valence-electron chi connectivity index (χ0n) is 12.2. The highest BCUT2D eigenvalue weighted by Crippen LogP contribution is 2.32. The molecule has 0 saturated heterocycles. The maximum absolute atomic E-state index is 3.70. The molecule has 1 nitrogen and oxygen atoms in total. The number of anilines is 1. The average molecular weight is 265 g/mol. The number of hydrogen-bond donors (Lipinski definition) is 1. The van der Waals surface area contributed by atoms with Crippen molar-refractivity contribution in [1.29, 1.82) is 0 Å². The lowest BCUT2D eigenvalue weighted by molar-refractivity contribution is 0.666. The highest BCUT2D eigenvalue weighted by molar-refractivity contribution is 5.55. The summed E-state index contributed by atoms with van der Waals surface area (Å²) < 4.78 is 0. The first-order chi connectivity index (χ1) is 9.86. The number of aryl methyl sites for hydroxylation is 2. The van der Waals surface area contributed by atoms with E-state index in [1.165, 1.54) is 54.5 Å². The van der Waals surface area contributed by atoms with Crippen molar-refractivity contribution in [1.82, 2.24) is 0 Å². The second kappa shape index (κ2) is 6.13. The molecule has 20 heavy (non-hydrogen) atoms. The Morgan fingerprint density at radius 2 is 2.00 bits per heavy atom. The van der Waals surface area contributed by atoms with Gasteiger partial charge in [0.15, 0.2) is 0 Å². The lowest BCUT2D eigenvalue weighted by Crippen LogP contribution is -2.18. The molecule has 2 aromatic rings. The van der Waals surface area contributed by atoms with Gasteiger partial charge in [-0.05, 0) is 48.4 Å². The van der Waals surface area contributed by atoms with Gasteiger partial charge in [0.25, 0.3) is 0 Å². The van der Waals surface area contributed by atoms with Gasteiger partial charge in [-0.25, -0.2) is 0 Å². The fraction of sp³-hybridized carbons (Fsp3) is 0.368. The van der Waals surface area contributed by atoms with Crippen LogP contribution in [0.1, 0.15) is 48.9 Å². The first-order valence-electron chi connectivity index (χ1n) is 7.80. The summed E-state index contributed by atoms with van der Waals surface area (Å²) in [5.41, 5.74) is 5.67. The van der Waals surface area contributed by atoms with Crippen LogP contribution in [-0.4, -0.2) is 0 Å². The highest BCUT2D eigenvalue weighted by atomic mass is 14.9. The van der Waals surface area contributed by atoms with Crippen LogP contribution in [0, 0.1) is 0 Å². The van der Waals surface area contributed by atoms with Crippen molar-refractivity contribution in [3.05, 3.63) is 65.2 Å². The smallest absolute Gasteiger partial charge is 0.0517 e. The minimum absolute atomic E-state index is 0.464. The van der Waals surface area contributed by atoms with E-state index < -0.39 is 0 Å². The molecule has 1 N–H and O–H groups in total. The molecular formula is C19H23N. The zero-order valence-corrected chi connectivity index (χ0v) is 12.2. The largest absolute Gasteiger partial charge is 0.378 e. The number of fused-ring (bicyclic) bond motifs is 1. The van der Waals surface area contributed by atoms with Crippen molar-refractivity contribution in [2.45, 2.75) is 45.1 Å². The molecule has 2 aromatic carbocycles. The second-order valence-corrected chi connectivity index (χ2v) is 5.74. The highest BCUT2D eigenvalue weighted by Gasteiger charge is 2.18. The molecule has 3 rings (SSSR count). The SMILES string of the molecule is CCCCc1cccc(C2CCc3ccccc3N2)c1. The first-order valence-corrected chi connectivity index (χ1v) is 7.80. The van der Waals surface area contributed by atoms with Crippen LogP contribution >= 0.6 is 0 Å². The maximum Gasteiger partial charge on any atom is 0.0517 e. The molecule has 0 spiro atoms. The van der Waals surface area contributed by atoms with E-state index in [1.807, 2.05) is 0 Å². The third kappa shape index (κ3) is 2.87. The third-order valence-electron chi connectivity index (χ3n) is 4.22. The summed E-state index contributed by atoms with van der Waals surface area (Å²) in [5.74, 6) is 0. The summed E-state index contributed by atoms with van der Waals surface area (Å²) >= 11 is 0. The van der Waals surface area contributed by atoms with Crippen LogP contribution < -0.4 is 5.32 Å². The molecule has 0 aromatic heterocycles. The Kier molecular flexibility index (Phi) is 4.05. The van der Waals surface area contributed by atoms with Gasteiger partial charge in [0.1, 0.15) is 0 Å². The molecule has 1 aliphatic rings. The van der Waals surface area contributed by atoms with E-state index >= 15 is 0 Å². The number of unbranched alkanes of at least 4 members (excludes halogenated alkanes) is 1. The summed E-state index contributed by atoms with van der Waals surface area (Å²) in [6.07, 6.45) is 6.11. The summed E-state index contributed by atoms with van der Waals surface area (Å²) in [4.78, 5) is 0. The standard InChI is InChI=1S/C19H23N/c1-2-3-7-15-8-6-10-17(14-15)19-13-12-16-9-4-5-11-18(16)20-19/h4-6,8-11,14,19-20H,2-3,7,12-13H2,1H3. The molecule has 1 unspecified atom stereocenters. The molecular weight excluding hydrogens is 242 g/mol. The number of benzene rings is 2. The van der Waals surface area contributed by atoms with Gasteiger partial charge >= 0.3 is 0 Å². The molecule has 1 heteroatoms. The van der Waals surface area contributed by atoms with Crippen molar-refractivity contribution in [3.63, 3.8) is 0 Å². The molecule has 0 amide bonds. The monoisotopic (exact) mass is 265 g/mol. The number of nitrogens with one attached hydrogen (secondary N) is 1. The number of rotatable bonds is 4. The topological polar surface area (TPSA) is 12.0 Å². The molecule has 0 aliphatic carbocycles. The minimum atomic E-state index is 0.464. The van der Waals surface area contributed by atoms with Gasteiger partial charge in [-0.15, -0.1) is 0 Å². The van der Waals surface area contributed by atoms with E-state index in [9.17, 15) is 0 Å². The molecule has 0 bridgehead atoms. The van der Waals surface area contributed by atoms with Crippen molar-refractivity contribution >= 4 is 5.69 Å². The Morgan fingerprint density at radius 1 is 1.10 bits per heavy atom. The van der Waals surface area contributed by atoms with Crippen LogP contribution in [0.5, 0.6) is 0 Å².